The summed E-state index contributed by atoms with van der Waals surface area (Å²) in [4.78, 5) is 17.3. The second kappa shape index (κ2) is 3.66. The Bertz CT molecular complexity index is 563. The molecule has 0 spiro atoms. The van der Waals surface area contributed by atoms with E-state index < -0.39 is 17.3 Å². The third kappa shape index (κ3) is 1.68. The molecule has 0 aromatic carbocycles. The summed E-state index contributed by atoms with van der Waals surface area (Å²) in [5.41, 5.74) is 0.471. The SMILES string of the molecule is CC(C)c1cc2cc(F)c(F)[nH]c-2nc1=O. The lowest BCUT2D eigenvalue weighted by molar-refractivity contribution is 0.479. The second-order valence-corrected chi connectivity index (χ2v) is 3.91. The van der Waals surface area contributed by atoms with E-state index in [4.69, 9.17) is 0 Å². The molecule has 2 aliphatic rings. The molecule has 0 aliphatic carbocycles. The molecule has 1 N–H and O–H groups in total. The molecule has 0 aromatic rings. The number of rotatable bonds is 1. The number of nitrogens with one attached hydrogen (secondary N) is 1. The van der Waals surface area contributed by atoms with E-state index in [9.17, 15) is 13.6 Å². The highest BCUT2D eigenvalue weighted by molar-refractivity contribution is 5.57. The maximum atomic E-state index is 13.0. The normalized spacial score (nSPS) is 11.3. The van der Waals surface area contributed by atoms with Crippen molar-refractivity contribution in [3.8, 4) is 11.4 Å². The highest BCUT2D eigenvalue weighted by Crippen LogP contribution is 2.21. The van der Waals surface area contributed by atoms with Gasteiger partial charge in [-0.3, -0.25) is 4.79 Å². The summed E-state index contributed by atoms with van der Waals surface area (Å²) in [6, 6.07) is 2.56. The molecule has 3 nitrogen and oxygen atoms in total. The first kappa shape index (κ1) is 10.7. The van der Waals surface area contributed by atoms with Gasteiger partial charge in [-0.2, -0.15) is 9.37 Å². The minimum Gasteiger partial charge on any atom is -0.314 e. The van der Waals surface area contributed by atoms with Crippen LogP contribution in [0.3, 0.4) is 0 Å². The topological polar surface area (TPSA) is 45.8 Å². The molecule has 2 rings (SSSR count). The highest BCUT2D eigenvalue weighted by Gasteiger charge is 2.15. The fourth-order valence-corrected chi connectivity index (χ4v) is 1.52. The highest BCUT2D eigenvalue weighted by atomic mass is 19.2. The molecule has 0 saturated carbocycles. The average molecular weight is 224 g/mol. The van der Waals surface area contributed by atoms with E-state index in [0.717, 1.165) is 6.07 Å². The first-order chi connectivity index (χ1) is 7.49. The van der Waals surface area contributed by atoms with Gasteiger partial charge in [-0.15, -0.1) is 0 Å². The standard InChI is InChI=1S/C11H10F2N2O/c1-5(2)7-3-6-4-8(12)9(13)14-10(6)15-11(7)16/h3-5H,1-2H3,(H,14,15,16). The number of fused-ring (bicyclic) bond motifs is 1. The van der Waals surface area contributed by atoms with Gasteiger partial charge in [0.05, 0.1) is 0 Å². The van der Waals surface area contributed by atoms with Crippen molar-refractivity contribution in [3.05, 3.63) is 39.8 Å². The molecule has 5 heteroatoms. The minimum atomic E-state index is -1.11. The number of nitrogens with zero attached hydrogens (tertiary/aromatic N) is 1. The first-order valence-electron chi connectivity index (χ1n) is 4.88. The van der Waals surface area contributed by atoms with Crippen molar-refractivity contribution in [1.82, 2.24) is 9.97 Å². The van der Waals surface area contributed by atoms with Crippen LogP contribution in [0.4, 0.5) is 8.78 Å². The molecule has 0 saturated heterocycles. The molecule has 16 heavy (non-hydrogen) atoms. The van der Waals surface area contributed by atoms with Gasteiger partial charge in [-0.25, -0.2) is 4.39 Å². The summed E-state index contributed by atoms with van der Waals surface area (Å²) in [6.45, 7) is 3.68. The van der Waals surface area contributed by atoms with Crippen LogP contribution >= 0.6 is 0 Å². The number of aromatic amines is 1. The van der Waals surface area contributed by atoms with Gasteiger partial charge in [-0.1, -0.05) is 13.8 Å². The largest absolute Gasteiger partial charge is 0.314 e. The maximum absolute atomic E-state index is 13.0. The molecular weight excluding hydrogens is 214 g/mol. The van der Waals surface area contributed by atoms with Crippen molar-refractivity contribution in [2.24, 2.45) is 0 Å². The van der Waals surface area contributed by atoms with Crippen molar-refractivity contribution >= 4 is 0 Å². The Balaban J connectivity index is 2.76. The summed E-state index contributed by atoms with van der Waals surface area (Å²) >= 11 is 0. The van der Waals surface area contributed by atoms with Crippen molar-refractivity contribution in [3.63, 3.8) is 0 Å². The molecule has 0 unspecified atom stereocenters. The van der Waals surface area contributed by atoms with Crippen molar-refractivity contribution in [2.45, 2.75) is 19.8 Å². The lowest BCUT2D eigenvalue weighted by atomic mass is 10.0. The van der Waals surface area contributed by atoms with Crippen LogP contribution in [0.5, 0.6) is 0 Å². The predicted octanol–water partition coefficient (Wildman–Crippen LogP) is 2.28. The molecule has 0 aromatic heterocycles. The number of pyridine rings is 2. The predicted molar refractivity (Wildman–Crippen MR) is 55.5 cm³/mol. The fraction of sp³-hybridized carbons (Fsp3) is 0.273. The Morgan fingerprint density at radius 2 is 2.00 bits per heavy atom. The summed E-state index contributed by atoms with van der Waals surface area (Å²) in [5.74, 6) is -2.04. The van der Waals surface area contributed by atoms with E-state index in [2.05, 4.69) is 9.97 Å². The van der Waals surface area contributed by atoms with Gasteiger partial charge in [0.25, 0.3) is 5.56 Å². The Hall–Kier alpha value is -1.78. The van der Waals surface area contributed by atoms with E-state index in [1.165, 1.54) is 6.07 Å². The Labute approximate surface area is 90.5 Å². The Kier molecular flexibility index (Phi) is 2.46. The molecule has 0 atom stereocenters. The number of hydrogen-bond donors (Lipinski definition) is 1. The van der Waals surface area contributed by atoms with Crippen LogP contribution in [0.1, 0.15) is 25.3 Å². The van der Waals surface area contributed by atoms with Crippen LogP contribution < -0.4 is 5.56 Å². The van der Waals surface area contributed by atoms with Crippen LogP contribution in [0.25, 0.3) is 11.4 Å². The van der Waals surface area contributed by atoms with Crippen molar-refractivity contribution in [2.75, 3.05) is 0 Å². The van der Waals surface area contributed by atoms with Gasteiger partial charge in [0, 0.05) is 11.1 Å². The van der Waals surface area contributed by atoms with E-state index in [1.807, 2.05) is 13.8 Å². The lowest BCUT2D eigenvalue weighted by Crippen LogP contribution is -2.16. The van der Waals surface area contributed by atoms with Crippen LogP contribution in [-0.4, -0.2) is 9.97 Å². The second-order valence-electron chi connectivity index (χ2n) is 3.91. The first-order valence-corrected chi connectivity index (χ1v) is 4.88. The molecule has 2 heterocycles. The Morgan fingerprint density at radius 3 is 2.62 bits per heavy atom. The third-order valence-corrected chi connectivity index (χ3v) is 2.39. The molecule has 0 radical (unpaired) electrons. The summed E-state index contributed by atoms with van der Waals surface area (Å²) in [5, 5.41) is 0. The van der Waals surface area contributed by atoms with Crippen molar-refractivity contribution < 1.29 is 8.78 Å². The summed E-state index contributed by atoms with van der Waals surface area (Å²) < 4.78 is 25.8. The van der Waals surface area contributed by atoms with Gasteiger partial charge in [0.2, 0.25) is 5.95 Å². The molecule has 0 amide bonds. The summed E-state index contributed by atoms with van der Waals surface area (Å²) in [7, 11) is 0. The number of H-pyrrole nitrogens is 1. The lowest BCUT2D eigenvalue weighted by Gasteiger charge is -2.09. The molecule has 84 valence electrons. The van der Waals surface area contributed by atoms with E-state index in [-0.39, 0.29) is 11.7 Å². The van der Waals surface area contributed by atoms with Gasteiger partial charge < -0.3 is 4.98 Å². The monoisotopic (exact) mass is 224 g/mol. The Morgan fingerprint density at radius 1 is 1.31 bits per heavy atom. The number of aromatic nitrogens is 2. The molecule has 2 aliphatic heterocycles. The summed E-state index contributed by atoms with van der Waals surface area (Å²) in [6.07, 6.45) is 0. The van der Waals surface area contributed by atoms with Gasteiger partial charge in [0.15, 0.2) is 5.82 Å². The van der Waals surface area contributed by atoms with Gasteiger partial charge in [0.1, 0.15) is 5.82 Å². The molecule has 0 fully saturated rings. The molecular formula is C11H10F2N2O. The minimum absolute atomic E-state index is 0.00230. The zero-order chi connectivity index (χ0) is 11.9. The smallest absolute Gasteiger partial charge is 0.275 e. The van der Waals surface area contributed by atoms with E-state index in [0.29, 0.717) is 11.1 Å². The molecule has 0 bridgehead atoms. The third-order valence-electron chi connectivity index (χ3n) is 2.39. The zero-order valence-corrected chi connectivity index (χ0v) is 8.84. The van der Waals surface area contributed by atoms with Gasteiger partial charge in [-0.05, 0) is 18.1 Å². The van der Waals surface area contributed by atoms with Crippen LogP contribution in [0.15, 0.2) is 16.9 Å². The maximum Gasteiger partial charge on any atom is 0.275 e. The quantitative estimate of drug-likeness (QED) is 0.755. The van der Waals surface area contributed by atoms with E-state index >= 15 is 0 Å². The number of hydrogen-bond acceptors (Lipinski definition) is 2. The van der Waals surface area contributed by atoms with Crippen LogP contribution in [-0.2, 0) is 0 Å². The van der Waals surface area contributed by atoms with E-state index in [1.54, 1.807) is 0 Å². The zero-order valence-electron chi connectivity index (χ0n) is 8.84. The number of halogens is 2. The average Bonchev–Trinajstić information content (AvgIpc) is 2.19. The van der Waals surface area contributed by atoms with Gasteiger partial charge >= 0.3 is 0 Å². The fourth-order valence-electron chi connectivity index (χ4n) is 1.52. The van der Waals surface area contributed by atoms with Crippen LogP contribution in [0, 0.1) is 11.8 Å². The van der Waals surface area contributed by atoms with Crippen LogP contribution in [0.2, 0.25) is 0 Å². The van der Waals surface area contributed by atoms with Crippen molar-refractivity contribution in [1.29, 1.82) is 0 Å².